The molecule has 0 bridgehead atoms. The first kappa shape index (κ1) is 9.98. The monoisotopic (exact) mass is 262 g/mol. The van der Waals surface area contributed by atoms with E-state index in [-0.39, 0.29) is 0 Å². The molecule has 0 unspecified atom stereocenters. The van der Waals surface area contributed by atoms with Crippen LogP contribution in [0.15, 0.2) is 41.1 Å². The van der Waals surface area contributed by atoms with Crippen molar-refractivity contribution in [1.82, 2.24) is 9.97 Å². The van der Waals surface area contributed by atoms with Gasteiger partial charge < -0.3 is 0 Å². The van der Waals surface area contributed by atoms with Crippen molar-refractivity contribution >= 4 is 22.2 Å². The highest BCUT2D eigenvalue weighted by molar-refractivity contribution is 9.10. The molecule has 0 radical (unpaired) electrons. The highest BCUT2D eigenvalue weighted by atomic mass is 79.9. The minimum absolute atomic E-state index is 0.482. The average Bonchev–Trinajstić information content (AvgIpc) is 2.30. The van der Waals surface area contributed by atoms with Gasteiger partial charge in [-0.2, -0.15) is 0 Å². The van der Waals surface area contributed by atoms with E-state index >= 15 is 0 Å². The highest BCUT2D eigenvalue weighted by Crippen LogP contribution is 2.17. The molecule has 1 aromatic carbocycles. The zero-order valence-corrected chi connectivity index (χ0v) is 9.31. The van der Waals surface area contributed by atoms with Crippen molar-refractivity contribution in [3.05, 3.63) is 46.7 Å². The summed E-state index contributed by atoms with van der Waals surface area (Å²) in [5.41, 5.74) is 1.41. The van der Waals surface area contributed by atoms with Gasteiger partial charge in [0.1, 0.15) is 0 Å². The van der Waals surface area contributed by atoms with E-state index in [4.69, 9.17) is 0 Å². The molecule has 0 amide bonds. The molecule has 0 atom stereocenters. The summed E-state index contributed by atoms with van der Waals surface area (Å²) < 4.78 is 1.01. The van der Waals surface area contributed by atoms with Crippen molar-refractivity contribution in [3.63, 3.8) is 0 Å². The number of halogens is 1. The molecule has 4 heteroatoms. The number of rotatable bonds is 2. The lowest BCUT2D eigenvalue weighted by molar-refractivity contribution is 0.112. The maximum Gasteiger partial charge on any atom is 0.159 e. The average molecular weight is 263 g/mol. The van der Waals surface area contributed by atoms with Gasteiger partial charge in [-0.15, -0.1) is 0 Å². The van der Waals surface area contributed by atoms with Crippen molar-refractivity contribution in [2.24, 2.45) is 0 Å². The molecule has 0 saturated heterocycles. The molecule has 1 aromatic heterocycles. The Morgan fingerprint density at radius 3 is 2.20 bits per heavy atom. The molecule has 0 fully saturated rings. The molecule has 0 saturated carbocycles. The van der Waals surface area contributed by atoms with Crippen LogP contribution in [0.5, 0.6) is 0 Å². The van der Waals surface area contributed by atoms with Crippen LogP contribution in [0.1, 0.15) is 10.4 Å². The van der Waals surface area contributed by atoms with Gasteiger partial charge in [-0.05, 0) is 12.1 Å². The molecule has 0 aliphatic heterocycles. The van der Waals surface area contributed by atoms with Crippen LogP contribution < -0.4 is 0 Å². The molecule has 2 rings (SSSR count). The van der Waals surface area contributed by atoms with Gasteiger partial charge in [-0.3, -0.25) is 4.79 Å². The van der Waals surface area contributed by atoms with E-state index in [0.717, 1.165) is 16.3 Å². The number of aldehydes is 1. The summed E-state index contributed by atoms with van der Waals surface area (Å²) >= 11 is 3.35. The van der Waals surface area contributed by atoms with Gasteiger partial charge >= 0.3 is 0 Å². The summed E-state index contributed by atoms with van der Waals surface area (Å²) in [5.74, 6) is 0.619. The Kier molecular flexibility index (Phi) is 2.87. The van der Waals surface area contributed by atoms with Crippen LogP contribution >= 0.6 is 15.9 Å². The maximum absolute atomic E-state index is 10.4. The normalized spacial score (nSPS) is 9.93. The first-order chi connectivity index (χ1) is 7.29. The van der Waals surface area contributed by atoms with Crippen LogP contribution in [0.4, 0.5) is 0 Å². The van der Waals surface area contributed by atoms with Crippen molar-refractivity contribution in [2.75, 3.05) is 0 Å². The van der Waals surface area contributed by atoms with Gasteiger partial charge in [-0.1, -0.05) is 28.1 Å². The van der Waals surface area contributed by atoms with Crippen LogP contribution in [-0.4, -0.2) is 16.3 Å². The lowest BCUT2D eigenvalue weighted by Crippen LogP contribution is -1.90. The third-order valence-corrected chi connectivity index (χ3v) is 2.44. The van der Waals surface area contributed by atoms with Crippen LogP contribution in [-0.2, 0) is 0 Å². The van der Waals surface area contributed by atoms with Crippen LogP contribution in [0.3, 0.4) is 0 Å². The lowest BCUT2D eigenvalue weighted by atomic mass is 10.2. The molecule has 1 heterocycles. The van der Waals surface area contributed by atoms with E-state index in [1.807, 2.05) is 24.3 Å². The molecule has 0 N–H and O–H groups in total. The lowest BCUT2D eigenvalue weighted by Gasteiger charge is -1.99. The molecular formula is C11H7BrN2O. The molecule has 74 valence electrons. The Balaban J connectivity index is 2.37. The van der Waals surface area contributed by atoms with E-state index in [0.29, 0.717) is 11.4 Å². The summed E-state index contributed by atoms with van der Waals surface area (Å²) in [7, 11) is 0. The van der Waals surface area contributed by atoms with E-state index < -0.39 is 0 Å². The number of nitrogens with zero attached hydrogens (tertiary/aromatic N) is 2. The summed E-state index contributed by atoms with van der Waals surface area (Å²) in [6.45, 7) is 0. The number of hydrogen-bond donors (Lipinski definition) is 0. The largest absolute Gasteiger partial charge is 0.298 e. The van der Waals surface area contributed by atoms with Gasteiger partial charge in [-0.25, -0.2) is 9.97 Å². The fraction of sp³-hybridized carbons (Fsp3) is 0. The highest BCUT2D eigenvalue weighted by Gasteiger charge is 2.00. The molecule has 2 aromatic rings. The Morgan fingerprint density at radius 2 is 1.67 bits per heavy atom. The molecule has 0 aliphatic rings. The first-order valence-corrected chi connectivity index (χ1v) is 5.12. The predicted octanol–water partition coefficient (Wildman–Crippen LogP) is 2.72. The van der Waals surface area contributed by atoms with E-state index in [9.17, 15) is 4.79 Å². The number of benzene rings is 1. The number of carbonyl (C=O) groups is 1. The predicted molar refractivity (Wildman–Crippen MR) is 60.6 cm³/mol. The minimum atomic E-state index is 0.482. The Labute approximate surface area is 95.3 Å². The van der Waals surface area contributed by atoms with Crippen LogP contribution in [0.25, 0.3) is 11.4 Å². The van der Waals surface area contributed by atoms with Crippen LogP contribution in [0.2, 0.25) is 0 Å². The first-order valence-electron chi connectivity index (χ1n) is 4.33. The van der Waals surface area contributed by atoms with Crippen molar-refractivity contribution in [1.29, 1.82) is 0 Å². The second-order valence-corrected chi connectivity index (χ2v) is 3.88. The topological polar surface area (TPSA) is 42.9 Å². The second kappa shape index (κ2) is 4.31. The smallest absolute Gasteiger partial charge is 0.159 e. The van der Waals surface area contributed by atoms with E-state index in [1.54, 1.807) is 0 Å². The molecule has 3 nitrogen and oxygen atoms in total. The fourth-order valence-electron chi connectivity index (χ4n) is 1.15. The Morgan fingerprint density at radius 1 is 1.07 bits per heavy atom. The van der Waals surface area contributed by atoms with Gasteiger partial charge in [0.05, 0.1) is 5.56 Å². The van der Waals surface area contributed by atoms with Crippen molar-refractivity contribution < 1.29 is 4.79 Å². The molecule has 0 spiro atoms. The molecule has 0 aliphatic carbocycles. The standard InChI is InChI=1S/C11H7BrN2O/c12-10-3-1-9(2-4-10)11-13-5-8(7-15)6-14-11/h1-7H. The number of aromatic nitrogens is 2. The zero-order chi connectivity index (χ0) is 10.7. The Hall–Kier alpha value is -1.55. The third-order valence-electron chi connectivity index (χ3n) is 1.91. The quantitative estimate of drug-likeness (QED) is 0.782. The van der Waals surface area contributed by atoms with E-state index in [1.165, 1.54) is 12.4 Å². The zero-order valence-electron chi connectivity index (χ0n) is 7.72. The molecule has 15 heavy (non-hydrogen) atoms. The second-order valence-electron chi connectivity index (χ2n) is 2.96. The van der Waals surface area contributed by atoms with Gasteiger partial charge in [0.2, 0.25) is 0 Å². The summed E-state index contributed by atoms with van der Waals surface area (Å²) in [6.07, 6.45) is 3.75. The van der Waals surface area contributed by atoms with Crippen molar-refractivity contribution in [2.45, 2.75) is 0 Å². The van der Waals surface area contributed by atoms with Crippen molar-refractivity contribution in [3.8, 4) is 11.4 Å². The van der Waals surface area contributed by atoms with Gasteiger partial charge in [0.15, 0.2) is 12.1 Å². The fourth-order valence-corrected chi connectivity index (χ4v) is 1.41. The third kappa shape index (κ3) is 2.27. The summed E-state index contributed by atoms with van der Waals surface area (Å²) in [6, 6.07) is 7.68. The Bertz CT molecular complexity index is 465. The number of hydrogen-bond acceptors (Lipinski definition) is 3. The van der Waals surface area contributed by atoms with Gasteiger partial charge in [0, 0.05) is 22.4 Å². The summed E-state index contributed by atoms with van der Waals surface area (Å²) in [4.78, 5) is 18.6. The minimum Gasteiger partial charge on any atom is -0.298 e. The van der Waals surface area contributed by atoms with Gasteiger partial charge in [0.25, 0.3) is 0 Å². The van der Waals surface area contributed by atoms with Crippen LogP contribution in [0, 0.1) is 0 Å². The van der Waals surface area contributed by atoms with E-state index in [2.05, 4.69) is 25.9 Å². The maximum atomic E-state index is 10.4. The molecular weight excluding hydrogens is 256 g/mol. The number of carbonyl (C=O) groups excluding carboxylic acids is 1. The summed E-state index contributed by atoms with van der Waals surface area (Å²) in [5, 5.41) is 0. The SMILES string of the molecule is O=Cc1cnc(-c2ccc(Br)cc2)nc1.